The molecule has 37 heavy (non-hydrogen) atoms. The smallest absolute Gasteiger partial charge is 0.264 e. The highest BCUT2D eigenvalue weighted by molar-refractivity contribution is 9.10. The van der Waals surface area contributed by atoms with Crippen LogP contribution in [0.1, 0.15) is 25.8 Å². The van der Waals surface area contributed by atoms with Gasteiger partial charge in [-0.25, -0.2) is 8.42 Å². The lowest BCUT2D eigenvalue weighted by molar-refractivity contribution is -0.138. The van der Waals surface area contributed by atoms with E-state index in [1.807, 2.05) is 37.3 Å². The molecule has 7 nitrogen and oxygen atoms in total. The van der Waals surface area contributed by atoms with Crippen LogP contribution in [-0.4, -0.2) is 50.8 Å². The minimum atomic E-state index is -4.05. The van der Waals surface area contributed by atoms with Crippen molar-refractivity contribution in [1.29, 1.82) is 0 Å². The third-order valence-electron chi connectivity index (χ3n) is 5.93. The van der Waals surface area contributed by atoms with Crippen LogP contribution in [0.4, 0.5) is 5.69 Å². The third-order valence-corrected chi connectivity index (χ3v) is 8.24. The molecule has 0 bridgehead atoms. The van der Waals surface area contributed by atoms with E-state index >= 15 is 0 Å². The highest BCUT2D eigenvalue weighted by Gasteiger charge is 2.32. The van der Waals surface area contributed by atoms with Crippen LogP contribution in [0.3, 0.4) is 0 Å². The Balaban J connectivity index is 1.94. The Morgan fingerprint density at radius 3 is 2.11 bits per heavy atom. The zero-order chi connectivity index (χ0) is 26.8. The second kappa shape index (κ2) is 13.4. The predicted octanol–water partition coefficient (Wildman–Crippen LogP) is 4.63. The highest BCUT2D eigenvalue weighted by Crippen LogP contribution is 2.25. The molecule has 0 saturated heterocycles. The summed E-state index contributed by atoms with van der Waals surface area (Å²) in [6.07, 6.45) is 1.30. The first-order chi connectivity index (χ1) is 17.7. The van der Waals surface area contributed by atoms with Gasteiger partial charge in [0.15, 0.2) is 0 Å². The van der Waals surface area contributed by atoms with Crippen LogP contribution in [0.2, 0.25) is 0 Å². The Labute approximate surface area is 227 Å². The fraction of sp³-hybridized carbons (Fsp3) is 0.286. The SMILES string of the molecule is CCCNC(=O)C(C)N(CCc1ccccc1)C(=O)CN(c1ccc(Br)cc1)S(=O)(=O)c1ccccc1. The molecule has 0 aliphatic carbocycles. The number of hydrogen-bond acceptors (Lipinski definition) is 4. The van der Waals surface area contributed by atoms with E-state index < -0.39 is 28.5 Å². The van der Waals surface area contributed by atoms with Crippen molar-refractivity contribution >= 4 is 43.5 Å². The first-order valence-corrected chi connectivity index (χ1v) is 14.4. The van der Waals surface area contributed by atoms with Crippen molar-refractivity contribution in [3.63, 3.8) is 0 Å². The van der Waals surface area contributed by atoms with Crippen molar-refractivity contribution in [2.75, 3.05) is 23.9 Å². The summed E-state index contributed by atoms with van der Waals surface area (Å²) in [6.45, 7) is 3.94. The van der Waals surface area contributed by atoms with Crippen molar-refractivity contribution in [2.45, 2.75) is 37.6 Å². The maximum Gasteiger partial charge on any atom is 0.264 e. The van der Waals surface area contributed by atoms with Gasteiger partial charge in [0.1, 0.15) is 12.6 Å². The fourth-order valence-electron chi connectivity index (χ4n) is 3.82. The van der Waals surface area contributed by atoms with Gasteiger partial charge in [-0.2, -0.15) is 0 Å². The van der Waals surface area contributed by atoms with Crippen LogP contribution in [0, 0.1) is 0 Å². The van der Waals surface area contributed by atoms with Crippen LogP contribution in [0.15, 0.2) is 94.3 Å². The Hall–Kier alpha value is -3.17. The first kappa shape index (κ1) is 28.4. The van der Waals surface area contributed by atoms with Crippen molar-refractivity contribution in [1.82, 2.24) is 10.2 Å². The largest absolute Gasteiger partial charge is 0.354 e. The number of carbonyl (C=O) groups excluding carboxylic acids is 2. The molecule has 9 heteroatoms. The van der Waals surface area contributed by atoms with E-state index in [0.29, 0.717) is 18.7 Å². The zero-order valence-corrected chi connectivity index (χ0v) is 23.4. The number of nitrogens with one attached hydrogen (secondary N) is 1. The van der Waals surface area contributed by atoms with Crippen LogP contribution < -0.4 is 9.62 Å². The van der Waals surface area contributed by atoms with E-state index in [1.165, 1.54) is 17.0 Å². The number of hydrogen-bond donors (Lipinski definition) is 1. The summed E-state index contributed by atoms with van der Waals surface area (Å²) in [5.74, 6) is -0.734. The Morgan fingerprint density at radius 2 is 1.51 bits per heavy atom. The number of amides is 2. The van der Waals surface area contributed by atoms with Gasteiger partial charge in [0.25, 0.3) is 10.0 Å². The Kier molecular flexibility index (Phi) is 10.3. The third kappa shape index (κ3) is 7.66. The number of halogens is 1. The number of carbonyl (C=O) groups is 2. The van der Waals surface area contributed by atoms with E-state index in [1.54, 1.807) is 49.4 Å². The maximum absolute atomic E-state index is 13.7. The summed E-state index contributed by atoms with van der Waals surface area (Å²) >= 11 is 3.37. The Bertz CT molecular complexity index is 1270. The van der Waals surface area contributed by atoms with Gasteiger partial charge in [-0.3, -0.25) is 13.9 Å². The molecule has 0 aliphatic heterocycles. The Morgan fingerprint density at radius 1 is 0.919 bits per heavy atom. The highest BCUT2D eigenvalue weighted by atomic mass is 79.9. The molecule has 1 atom stereocenters. The van der Waals surface area contributed by atoms with Crippen LogP contribution in [-0.2, 0) is 26.0 Å². The topological polar surface area (TPSA) is 86.8 Å². The molecule has 3 aromatic rings. The van der Waals surface area contributed by atoms with Gasteiger partial charge in [0.2, 0.25) is 11.8 Å². The van der Waals surface area contributed by atoms with Crippen molar-refractivity contribution in [3.05, 3.63) is 95.0 Å². The van der Waals surface area contributed by atoms with Crippen LogP contribution in [0.5, 0.6) is 0 Å². The molecule has 1 N–H and O–H groups in total. The lowest BCUT2D eigenvalue weighted by Gasteiger charge is -2.32. The minimum Gasteiger partial charge on any atom is -0.354 e. The molecule has 3 rings (SSSR count). The summed E-state index contributed by atoms with van der Waals surface area (Å²) in [7, 11) is -4.05. The quantitative estimate of drug-likeness (QED) is 0.336. The standard InChI is InChI=1S/C28H32BrN3O4S/c1-3-19-30-28(34)22(2)31(20-18-23-10-6-4-7-11-23)27(33)21-32(25-16-14-24(29)15-17-25)37(35,36)26-12-8-5-9-13-26/h4-17,22H,3,18-21H2,1-2H3,(H,30,34). The number of anilines is 1. The number of rotatable bonds is 12. The summed E-state index contributed by atoms with van der Waals surface area (Å²) in [5.41, 5.74) is 1.37. The van der Waals surface area contributed by atoms with Gasteiger partial charge < -0.3 is 10.2 Å². The van der Waals surface area contributed by atoms with E-state index in [9.17, 15) is 18.0 Å². The van der Waals surface area contributed by atoms with E-state index in [-0.39, 0.29) is 17.3 Å². The van der Waals surface area contributed by atoms with Gasteiger partial charge in [0, 0.05) is 17.6 Å². The lowest BCUT2D eigenvalue weighted by Crippen LogP contribution is -2.52. The minimum absolute atomic E-state index is 0.0790. The van der Waals surface area contributed by atoms with E-state index in [2.05, 4.69) is 21.2 Å². The van der Waals surface area contributed by atoms with Crippen LogP contribution in [0.25, 0.3) is 0 Å². The molecular formula is C28H32BrN3O4S. The van der Waals surface area contributed by atoms with Crippen molar-refractivity contribution < 1.29 is 18.0 Å². The normalized spacial score (nSPS) is 12.0. The van der Waals surface area contributed by atoms with Crippen molar-refractivity contribution in [2.24, 2.45) is 0 Å². The molecule has 2 amide bonds. The number of nitrogens with zero attached hydrogens (tertiary/aromatic N) is 2. The summed E-state index contributed by atoms with van der Waals surface area (Å²) in [4.78, 5) is 28.1. The molecular weight excluding hydrogens is 554 g/mol. The molecule has 0 saturated carbocycles. The summed E-state index contributed by atoms with van der Waals surface area (Å²) in [6, 6.07) is 23.6. The summed E-state index contributed by atoms with van der Waals surface area (Å²) < 4.78 is 29.2. The van der Waals surface area contributed by atoms with Gasteiger partial charge >= 0.3 is 0 Å². The van der Waals surface area contributed by atoms with E-state index in [0.717, 1.165) is 20.8 Å². The molecule has 0 fully saturated rings. The number of benzene rings is 3. The molecule has 0 aliphatic rings. The lowest BCUT2D eigenvalue weighted by atomic mass is 10.1. The second-order valence-electron chi connectivity index (χ2n) is 8.59. The van der Waals surface area contributed by atoms with Crippen molar-refractivity contribution in [3.8, 4) is 0 Å². The van der Waals surface area contributed by atoms with Gasteiger partial charge in [-0.15, -0.1) is 0 Å². The molecule has 0 heterocycles. The maximum atomic E-state index is 13.7. The monoisotopic (exact) mass is 585 g/mol. The average molecular weight is 587 g/mol. The molecule has 0 radical (unpaired) electrons. The van der Waals surface area contributed by atoms with Gasteiger partial charge in [-0.05, 0) is 61.7 Å². The molecule has 196 valence electrons. The number of sulfonamides is 1. The fourth-order valence-corrected chi connectivity index (χ4v) is 5.52. The molecule has 3 aromatic carbocycles. The first-order valence-electron chi connectivity index (χ1n) is 12.2. The summed E-state index contributed by atoms with van der Waals surface area (Å²) in [5, 5.41) is 2.84. The molecule has 0 aromatic heterocycles. The zero-order valence-electron chi connectivity index (χ0n) is 21.0. The average Bonchev–Trinajstić information content (AvgIpc) is 2.92. The molecule has 1 unspecified atom stereocenters. The van der Waals surface area contributed by atoms with Crippen LogP contribution >= 0.6 is 15.9 Å². The van der Waals surface area contributed by atoms with Gasteiger partial charge in [0.05, 0.1) is 10.6 Å². The molecule has 0 spiro atoms. The van der Waals surface area contributed by atoms with E-state index in [4.69, 9.17) is 0 Å². The van der Waals surface area contributed by atoms with Gasteiger partial charge in [-0.1, -0.05) is 71.4 Å². The second-order valence-corrected chi connectivity index (χ2v) is 11.4. The predicted molar refractivity (Wildman–Crippen MR) is 150 cm³/mol.